The summed E-state index contributed by atoms with van der Waals surface area (Å²) in [5, 5.41) is 0. The van der Waals surface area contributed by atoms with Crippen LogP contribution in [0, 0.1) is 0 Å². The van der Waals surface area contributed by atoms with E-state index >= 15 is 0 Å². The molecule has 1 rings (SSSR count). The van der Waals surface area contributed by atoms with Crippen molar-refractivity contribution in [3.8, 4) is 0 Å². The second-order valence-corrected chi connectivity index (χ2v) is 3.39. The van der Waals surface area contributed by atoms with Gasteiger partial charge in [-0.05, 0) is 6.42 Å². The number of aromatic nitrogens is 2. The molecule has 0 atom stereocenters. The lowest BCUT2D eigenvalue weighted by atomic mass is 10.4. The normalized spacial score (nSPS) is 10.2. The average molecular weight is 239 g/mol. The van der Waals surface area contributed by atoms with Crippen LogP contribution in [0.1, 0.15) is 30.3 Å². The predicted octanol–water partition coefficient (Wildman–Crippen LogP) is 1.03. The van der Waals surface area contributed by atoms with Crippen LogP contribution in [0.2, 0.25) is 0 Å². The number of esters is 1. The van der Waals surface area contributed by atoms with Gasteiger partial charge in [0.15, 0.2) is 11.5 Å². The summed E-state index contributed by atoms with van der Waals surface area (Å²) in [5.74, 6) is -0.501. The predicted molar refractivity (Wildman–Crippen MR) is 62.5 cm³/mol. The van der Waals surface area contributed by atoms with Crippen LogP contribution in [0.15, 0.2) is 12.4 Å². The fourth-order valence-corrected chi connectivity index (χ4v) is 1.12. The minimum absolute atomic E-state index is 0.0426. The lowest BCUT2D eigenvalue weighted by Crippen LogP contribution is -2.14. The third kappa shape index (κ3) is 4.78. The molecule has 6 heteroatoms. The molecule has 1 aromatic heterocycles. The number of nitrogen functional groups attached to an aromatic ring is 1. The highest BCUT2D eigenvalue weighted by molar-refractivity contribution is 5.91. The van der Waals surface area contributed by atoms with E-state index in [0.29, 0.717) is 13.2 Å². The van der Waals surface area contributed by atoms with Crippen molar-refractivity contribution < 1.29 is 14.3 Å². The van der Waals surface area contributed by atoms with E-state index in [1.165, 1.54) is 12.4 Å². The summed E-state index contributed by atoms with van der Waals surface area (Å²) in [6.45, 7) is 3.34. The molecule has 0 saturated heterocycles. The van der Waals surface area contributed by atoms with Gasteiger partial charge in [-0.3, -0.25) is 0 Å². The Balaban J connectivity index is 2.24. The summed E-state index contributed by atoms with van der Waals surface area (Å²) in [7, 11) is 0. The summed E-state index contributed by atoms with van der Waals surface area (Å²) in [6.07, 6.45) is 4.89. The maximum atomic E-state index is 11.5. The number of carbonyl (C=O) groups excluding carboxylic acids is 1. The maximum Gasteiger partial charge on any atom is 0.360 e. The van der Waals surface area contributed by atoms with Crippen LogP contribution in [0.4, 0.5) is 5.82 Å². The number of rotatable bonds is 7. The number of carbonyl (C=O) groups is 1. The van der Waals surface area contributed by atoms with Crippen LogP contribution in [0.3, 0.4) is 0 Å². The highest BCUT2D eigenvalue weighted by atomic mass is 16.6. The maximum absolute atomic E-state index is 11.5. The van der Waals surface area contributed by atoms with E-state index < -0.39 is 5.97 Å². The molecular formula is C11H17N3O3. The van der Waals surface area contributed by atoms with Crippen molar-refractivity contribution in [3.05, 3.63) is 18.1 Å². The van der Waals surface area contributed by atoms with Gasteiger partial charge in [-0.1, -0.05) is 13.3 Å². The van der Waals surface area contributed by atoms with Crippen LogP contribution in [-0.4, -0.2) is 35.8 Å². The molecule has 0 aliphatic rings. The fraction of sp³-hybridized carbons (Fsp3) is 0.545. The molecule has 1 aromatic rings. The van der Waals surface area contributed by atoms with Crippen LogP contribution < -0.4 is 5.73 Å². The lowest BCUT2D eigenvalue weighted by molar-refractivity contribution is 0.0309. The van der Waals surface area contributed by atoms with E-state index in [0.717, 1.165) is 12.8 Å². The third-order valence-electron chi connectivity index (χ3n) is 2.02. The first-order valence-corrected chi connectivity index (χ1v) is 5.57. The zero-order valence-corrected chi connectivity index (χ0v) is 9.89. The van der Waals surface area contributed by atoms with E-state index in [9.17, 15) is 4.79 Å². The van der Waals surface area contributed by atoms with Crippen molar-refractivity contribution in [1.82, 2.24) is 9.97 Å². The summed E-state index contributed by atoms with van der Waals surface area (Å²) in [6, 6.07) is 0. The highest BCUT2D eigenvalue weighted by Gasteiger charge is 2.12. The molecule has 0 radical (unpaired) electrons. The number of unbranched alkanes of at least 4 members (excludes halogenated alkanes) is 1. The van der Waals surface area contributed by atoms with E-state index in [2.05, 4.69) is 16.9 Å². The van der Waals surface area contributed by atoms with Crippen molar-refractivity contribution in [2.45, 2.75) is 19.8 Å². The van der Waals surface area contributed by atoms with Crippen molar-refractivity contribution in [2.75, 3.05) is 25.6 Å². The average Bonchev–Trinajstić information content (AvgIpc) is 2.34. The van der Waals surface area contributed by atoms with Gasteiger partial charge < -0.3 is 15.2 Å². The van der Waals surface area contributed by atoms with Gasteiger partial charge in [0.2, 0.25) is 0 Å². The molecule has 0 fully saturated rings. The van der Waals surface area contributed by atoms with Crippen LogP contribution in [-0.2, 0) is 9.47 Å². The fourth-order valence-electron chi connectivity index (χ4n) is 1.12. The zero-order chi connectivity index (χ0) is 12.5. The largest absolute Gasteiger partial charge is 0.458 e. The van der Waals surface area contributed by atoms with Gasteiger partial charge in [-0.2, -0.15) is 0 Å². The standard InChI is InChI=1S/C11H17N3O3/c1-2-3-6-16-7-8-17-11(15)9-10(12)14-5-4-13-9/h4-5H,2-3,6-8H2,1H3,(H2,12,14). The number of nitrogens with zero attached hydrogens (tertiary/aromatic N) is 2. The quantitative estimate of drug-likeness (QED) is 0.565. The van der Waals surface area contributed by atoms with E-state index in [-0.39, 0.29) is 18.1 Å². The Morgan fingerprint density at radius 1 is 1.29 bits per heavy atom. The molecule has 0 spiro atoms. The van der Waals surface area contributed by atoms with E-state index in [1.54, 1.807) is 0 Å². The first kappa shape index (κ1) is 13.4. The number of hydrogen-bond acceptors (Lipinski definition) is 6. The van der Waals surface area contributed by atoms with Crippen molar-refractivity contribution >= 4 is 11.8 Å². The Kier molecular flexibility index (Phi) is 5.95. The molecule has 0 aromatic carbocycles. The number of anilines is 1. The molecule has 0 aliphatic heterocycles. The summed E-state index contributed by atoms with van der Waals surface area (Å²) < 4.78 is 10.2. The van der Waals surface area contributed by atoms with Crippen LogP contribution >= 0.6 is 0 Å². The molecule has 6 nitrogen and oxygen atoms in total. The van der Waals surface area contributed by atoms with Crippen LogP contribution in [0.5, 0.6) is 0 Å². The zero-order valence-electron chi connectivity index (χ0n) is 9.89. The lowest BCUT2D eigenvalue weighted by Gasteiger charge is -2.06. The number of nitrogens with two attached hydrogens (primary N) is 1. The second kappa shape index (κ2) is 7.56. The smallest absolute Gasteiger partial charge is 0.360 e. The van der Waals surface area contributed by atoms with Gasteiger partial charge in [-0.15, -0.1) is 0 Å². The molecule has 2 N–H and O–H groups in total. The second-order valence-electron chi connectivity index (χ2n) is 3.39. The Bertz CT molecular complexity index is 358. The van der Waals surface area contributed by atoms with Crippen molar-refractivity contribution in [2.24, 2.45) is 0 Å². The van der Waals surface area contributed by atoms with Crippen molar-refractivity contribution in [3.63, 3.8) is 0 Å². The Labute approximate surface area is 100 Å². The summed E-state index contributed by atoms with van der Waals surface area (Å²) >= 11 is 0. The van der Waals surface area contributed by atoms with Crippen molar-refractivity contribution in [1.29, 1.82) is 0 Å². The Morgan fingerprint density at radius 2 is 2.06 bits per heavy atom. The molecule has 0 saturated carbocycles. The SMILES string of the molecule is CCCCOCCOC(=O)c1nccnc1N. The molecule has 17 heavy (non-hydrogen) atoms. The highest BCUT2D eigenvalue weighted by Crippen LogP contribution is 2.04. The van der Waals surface area contributed by atoms with Gasteiger partial charge in [0.1, 0.15) is 6.61 Å². The van der Waals surface area contributed by atoms with Gasteiger partial charge >= 0.3 is 5.97 Å². The Hall–Kier alpha value is -1.69. The van der Waals surface area contributed by atoms with Gasteiger partial charge in [-0.25, -0.2) is 14.8 Å². The first-order valence-electron chi connectivity index (χ1n) is 5.57. The third-order valence-corrected chi connectivity index (χ3v) is 2.02. The summed E-state index contributed by atoms with van der Waals surface area (Å²) in [5.41, 5.74) is 5.53. The van der Waals surface area contributed by atoms with Crippen LogP contribution in [0.25, 0.3) is 0 Å². The minimum Gasteiger partial charge on any atom is -0.458 e. The molecule has 0 aliphatic carbocycles. The van der Waals surface area contributed by atoms with E-state index in [4.69, 9.17) is 15.2 Å². The minimum atomic E-state index is -0.574. The Morgan fingerprint density at radius 3 is 2.76 bits per heavy atom. The number of ether oxygens (including phenoxy) is 2. The molecular weight excluding hydrogens is 222 g/mol. The first-order chi connectivity index (χ1) is 8.25. The van der Waals surface area contributed by atoms with E-state index in [1.807, 2.05) is 0 Å². The van der Waals surface area contributed by atoms with Gasteiger partial charge in [0.25, 0.3) is 0 Å². The van der Waals surface area contributed by atoms with Gasteiger partial charge in [0.05, 0.1) is 6.61 Å². The molecule has 1 heterocycles. The molecule has 0 unspecified atom stereocenters. The number of hydrogen-bond donors (Lipinski definition) is 1. The van der Waals surface area contributed by atoms with Gasteiger partial charge in [0, 0.05) is 19.0 Å². The molecule has 0 amide bonds. The monoisotopic (exact) mass is 239 g/mol. The molecule has 94 valence electrons. The topological polar surface area (TPSA) is 87.3 Å². The summed E-state index contributed by atoms with van der Waals surface area (Å²) in [4.78, 5) is 19.0. The molecule has 0 bridgehead atoms.